The number of nitrogens with zero attached hydrogens (tertiary/aromatic N) is 6. The van der Waals surface area contributed by atoms with Gasteiger partial charge in [0.05, 0.1) is 33.1 Å². The number of fused-ring (bicyclic) bond motifs is 9. The molecule has 3 heterocycles. The van der Waals surface area contributed by atoms with Crippen LogP contribution in [0.4, 0.5) is 51.2 Å². The Morgan fingerprint density at radius 1 is 0.117 bits per heavy atom. The average molecular weight is 1530 g/mol. The van der Waals surface area contributed by atoms with Crippen LogP contribution in [0.25, 0.3) is 138 Å². The molecule has 0 aliphatic rings. The van der Waals surface area contributed by atoms with Gasteiger partial charge < -0.3 is 28.4 Å². The lowest BCUT2D eigenvalue weighted by Crippen LogP contribution is -2.10. The fourth-order valence-electron chi connectivity index (χ4n) is 17.5. The van der Waals surface area contributed by atoms with Crippen molar-refractivity contribution in [2.45, 2.75) is 0 Å². The molecular formula is C114H80N6. The third-order valence-corrected chi connectivity index (χ3v) is 23.3. The molecule has 22 rings (SSSR count). The summed E-state index contributed by atoms with van der Waals surface area (Å²) in [6, 6.07) is 175. The van der Waals surface area contributed by atoms with Gasteiger partial charge in [-0.1, -0.05) is 297 Å². The van der Waals surface area contributed by atoms with E-state index in [2.05, 4.69) is 514 Å². The number of benzene rings is 19. The van der Waals surface area contributed by atoms with Gasteiger partial charge in [-0.15, -0.1) is 0 Å². The highest BCUT2D eigenvalue weighted by molar-refractivity contribution is 6.13. The lowest BCUT2D eigenvalue weighted by atomic mass is 10.0. The normalized spacial score (nSPS) is 11.3. The molecule has 0 aliphatic carbocycles. The number of para-hydroxylation sites is 7. The van der Waals surface area contributed by atoms with Crippen LogP contribution in [0.15, 0.2) is 485 Å². The summed E-state index contributed by atoms with van der Waals surface area (Å²) in [4.78, 5) is 7.05. The smallest absolute Gasteiger partial charge is 0.0542 e. The standard InChI is InChI=1S/C60H42N4.C54H38N2/c1-5-17-45(18-6-1)61(51-37-39-59-55(41-51)53-25-13-15-27-57(53)63(59)47-21-9-3-10-22-47)49-33-29-43(30-34-49)44-31-35-50(36-32-44)62(46-19-7-2-8-20-46)52-38-40-60-56(42-52)54-26-14-16-28-58(54)64(60)48-23-11-4-12-24-48;1-4-12-39(13-5-1)42-20-29-47(30-21-42)55(48-31-22-43(23-32-48)40-14-6-2-7-15-40)49-33-26-45(27-34-49)46-28-37-54-52(38-46)51-18-10-11-19-53(51)56(54)50-35-24-44(25-36-50)41-16-8-3-9-17-41/h1-42H;1-38H. The van der Waals surface area contributed by atoms with Crippen LogP contribution < -0.4 is 14.7 Å². The van der Waals surface area contributed by atoms with Gasteiger partial charge in [0.15, 0.2) is 0 Å². The van der Waals surface area contributed by atoms with Crippen molar-refractivity contribution >= 4 is 117 Å². The average Bonchev–Trinajstić information content (AvgIpc) is 1.63. The molecular weight excluding hydrogens is 1450 g/mol. The minimum Gasteiger partial charge on any atom is -0.311 e. The minimum atomic E-state index is 1.09. The maximum atomic E-state index is 2.39. The summed E-state index contributed by atoms with van der Waals surface area (Å²) in [6.45, 7) is 0. The Labute approximate surface area is 698 Å². The zero-order valence-corrected chi connectivity index (χ0v) is 65.9. The summed E-state index contributed by atoms with van der Waals surface area (Å²) in [5.74, 6) is 0. The second-order valence-electron chi connectivity index (χ2n) is 30.4. The van der Waals surface area contributed by atoms with Crippen LogP contribution in [-0.4, -0.2) is 13.7 Å². The summed E-state index contributed by atoms with van der Waals surface area (Å²) in [7, 11) is 0. The third kappa shape index (κ3) is 13.7. The maximum Gasteiger partial charge on any atom is 0.0542 e. The second kappa shape index (κ2) is 31.6. The highest BCUT2D eigenvalue weighted by Gasteiger charge is 2.23. The van der Waals surface area contributed by atoms with Gasteiger partial charge in [0.1, 0.15) is 0 Å². The van der Waals surface area contributed by atoms with Crippen molar-refractivity contribution in [1.29, 1.82) is 0 Å². The number of rotatable bonds is 17. The molecule has 6 nitrogen and oxygen atoms in total. The molecule has 566 valence electrons. The Hall–Kier alpha value is -16.0. The van der Waals surface area contributed by atoms with Crippen molar-refractivity contribution in [3.63, 3.8) is 0 Å². The highest BCUT2D eigenvalue weighted by atomic mass is 15.2. The Bertz CT molecular complexity index is 7030. The van der Waals surface area contributed by atoms with Gasteiger partial charge in [-0.05, 0) is 244 Å². The van der Waals surface area contributed by atoms with Crippen molar-refractivity contribution in [3.05, 3.63) is 485 Å². The fraction of sp³-hybridized carbons (Fsp3) is 0. The zero-order valence-electron chi connectivity index (χ0n) is 65.9. The molecule has 22 aromatic rings. The molecule has 0 saturated carbocycles. The summed E-state index contributed by atoms with van der Waals surface area (Å²) in [5, 5.41) is 7.40. The topological polar surface area (TPSA) is 24.5 Å². The van der Waals surface area contributed by atoms with Crippen molar-refractivity contribution in [2.24, 2.45) is 0 Å². The minimum absolute atomic E-state index is 1.09. The van der Waals surface area contributed by atoms with Crippen LogP contribution in [0.5, 0.6) is 0 Å². The number of hydrogen-bond acceptors (Lipinski definition) is 3. The summed E-state index contributed by atoms with van der Waals surface area (Å²) in [6.07, 6.45) is 0. The first-order chi connectivity index (χ1) is 59.5. The van der Waals surface area contributed by atoms with Gasteiger partial charge >= 0.3 is 0 Å². The molecule has 0 atom stereocenters. The Kier molecular flexibility index (Phi) is 18.9. The monoisotopic (exact) mass is 1530 g/mol. The van der Waals surface area contributed by atoms with Gasteiger partial charge in [-0.3, -0.25) is 0 Å². The number of hydrogen-bond donors (Lipinski definition) is 0. The predicted octanol–water partition coefficient (Wildman–Crippen LogP) is 31.4. The molecule has 19 aromatic carbocycles. The molecule has 0 radical (unpaired) electrons. The largest absolute Gasteiger partial charge is 0.311 e. The first kappa shape index (κ1) is 71.7. The van der Waals surface area contributed by atoms with E-state index in [9.17, 15) is 0 Å². The van der Waals surface area contributed by atoms with E-state index in [0.717, 1.165) is 79.4 Å². The zero-order chi connectivity index (χ0) is 79.7. The van der Waals surface area contributed by atoms with E-state index in [-0.39, 0.29) is 0 Å². The Balaban J connectivity index is 0.000000150. The van der Waals surface area contributed by atoms with Crippen molar-refractivity contribution in [2.75, 3.05) is 14.7 Å². The molecule has 0 fully saturated rings. The van der Waals surface area contributed by atoms with Crippen LogP contribution in [0.3, 0.4) is 0 Å². The maximum absolute atomic E-state index is 2.39. The fourth-order valence-corrected chi connectivity index (χ4v) is 17.5. The molecule has 0 aliphatic heterocycles. The van der Waals surface area contributed by atoms with E-state index >= 15 is 0 Å². The summed E-state index contributed by atoms with van der Waals surface area (Å²) >= 11 is 0. The predicted molar refractivity (Wildman–Crippen MR) is 507 cm³/mol. The van der Waals surface area contributed by atoms with Crippen LogP contribution in [-0.2, 0) is 0 Å². The molecule has 0 spiro atoms. The van der Waals surface area contributed by atoms with Gasteiger partial charge in [-0.2, -0.15) is 0 Å². The van der Waals surface area contributed by atoms with Crippen LogP contribution >= 0.6 is 0 Å². The molecule has 0 amide bonds. The molecule has 3 aromatic heterocycles. The molecule has 0 saturated heterocycles. The van der Waals surface area contributed by atoms with E-state index in [4.69, 9.17) is 0 Å². The van der Waals surface area contributed by atoms with E-state index < -0.39 is 0 Å². The molecule has 0 N–H and O–H groups in total. The van der Waals surface area contributed by atoms with Crippen LogP contribution in [0.1, 0.15) is 0 Å². The molecule has 0 bridgehead atoms. The highest BCUT2D eigenvalue weighted by Crippen LogP contribution is 2.46. The van der Waals surface area contributed by atoms with E-state index in [1.165, 1.54) is 110 Å². The lowest BCUT2D eigenvalue weighted by molar-refractivity contribution is 1.18. The quantitative estimate of drug-likeness (QED) is 0.0908. The Morgan fingerprint density at radius 2 is 0.308 bits per heavy atom. The van der Waals surface area contributed by atoms with E-state index in [1.807, 2.05) is 0 Å². The lowest BCUT2D eigenvalue weighted by Gasteiger charge is -2.26. The number of anilines is 9. The molecule has 6 heteroatoms. The van der Waals surface area contributed by atoms with Crippen molar-refractivity contribution in [1.82, 2.24) is 13.7 Å². The molecule has 0 unspecified atom stereocenters. The van der Waals surface area contributed by atoms with Crippen molar-refractivity contribution in [3.8, 4) is 72.7 Å². The number of aromatic nitrogens is 3. The SMILES string of the molecule is c1ccc(-c2ccc(N(c3ccc(-c4ccccc4)cc3)c3ccc(-c4ccc5c(c4)c4ccccc4n5-c4ccc(-c5ccccc5)cc4)cc3)cc2)cc1.c1ccc(N(c2ccc(-c3ccc(N(c4ccccc4)c4ccc5c(c4)c4ccccc4n5-c4ccccc4)cc3)cc2)c2ccc3c(c2)c2ccccc2n3-c2ccccc2)cc1. The molecule has 120 heavy (non-hydrogen) atoms. The third-order valence-electron chi connectivity index (χ3n) is 23.3. The van der Waals surface area contributed by atoms with Gasteiger partial charge in [0, 0.05) is 101 Å². The van der Waals surface area contributed by atoms with Gasteiger partial charge in [-0.25, -0.2) is 0 Å². The second-order valence-corrected chi connectivity index (χ2v) is 30.4. The van der Waals surface area contributed by atoms with E-state index in [0.29, 0.717) is 0 Å². The first-order valence-electron chi connectivity index (χ1n) is 41.0. The summed E-state index contributed by atoms with van der Waals surface area (Å²) < 4.78 is 7.12. The first-order valence-corrected chi connectivity index (χ1v) is 41.0. The van der Waals surface area contributed by atoms with Gasteiger partial charge in [0.25, 0.3) is 0 Å². The summed E-state index contributed by atoms with van der Waals surface area (Å²) in [5.41, 5.74) is 32.5. The Morgan fingerprint density at radius 3 is 0.625 bits per heavy atom. The van der Waals surface area contributed by atoms with Crippen LogP contribution in [0, 0.1) is 0 Å². The van der Waals surface area contributed by atoms with Gasteiger partial charge in [0.2, 0.25) is 0 Å². The van der Waals surface area contributed by atoms with E-state index in [1.54, 1.807) is 0 Å². The van der Waals surface area contributed by atoms with Crippen LogP contribution in [0.2, 0.25) is 0 Å². The van der Waals surface area contributed by atoms with Crippen molar-refractivity contribution < 1.29 is 0 Å².